The summed E-state index contributed by atoms with van der Waals surface area (Å²) in [5.74, 6) is -0.709. The van der Waals surface area contributed by atoms with Gasteiger partial charge in [0, 0.05) is 12.1 Å². The molecule has 1 aliphatic rings. The van der Waals surface area contributed by atoms with E-state index in [0.29, 0.717) is 0 Å². The summed E-state index contributed by atoms with van der Waals surface area (Å²) in [5, 5.41) is 13.5. The maximum absolute atomic E-state index is 13.1. The van der Waals surface area contributed by atoms with Crippen LogP contribution in [0.2, 0.25) is 0 Å². The van der Waals surface area contributed by atoms with Crippen molar-refractivity contribution < 1.29 is 14.1 Å². The van der Waals surface area contributed by atoms with Gasteiger partial charge in [0.2, 0.25) is 0 Å². The molecule has 0 aromatic heterocycles. The minimum atomic E-state index is -0.709. The summed E-state index contributed by atoms with van der Waals surface area (Å²) >= 11 is 0. The van der Waals surface area contributed by atoms with Crippen molar-refractivity contribution in [3.8, 4) is 0 Å². The molecule has 1 heterocycles. The number of nitro benzene ring substituents is 1. The fourth-order valence-corrected chi connectivity index (χ4v) is 2.76. The molecule has 0 aliphatic carbocycles. The monoisotopic (exact) mass is 295 g/mol. The highest BCUT2D eigenvalue weighted by Gasteiger charge is 2.30. The average molecular weight is 295 g/mol. The summed E-state index contributed by atoms with van der Waals surface area (Å²) in [4.78, 5) is 24.3. The van der Waals surface area contributed by atoms with E-state index in [-0.39, 0.29) is 23.8 Å². The SMILES string of the molecule is CC1CCCC(C)N1C(=O)Nc1ccc(F)cc1[N+](=O)[O-]. The van der Waals surface area contributed by atoms with Gasteiger partial charge in [0.05, 0.1) is 11.0 Å². The second-order valence-corrected chi connectivity index (χ2v) is 5.38. The summed E-state index contributed by atoms with van der Waals surface area (Å²) in [6.07, 6.45) is 2.87. The first-order valence-electron chi connectivity index (χ1n) is 6.93. The van der Waals surface area contributed by atoms with Crippen LogP contribution in [0.4, 0.5) is 20.6 Å². The van der Waals surface area contributed by atoms with Gasteiger partial charge in [-0.3, -0.25) is 10.1 Å². The standard InChI is InChI=1S/C14H18FN3O3/c1-9-4-3-5-10(2)17(9)14(19)16-12-7-6-11(15)8-13(12)18(20)21/h6-10H,3-5H2,1-2H3,(H,16,19). The van der Waals surface area contributed by atoms with Crippen LogP contribution in [0, 0.1) is 15.9 Å². The fraction of sp³-hybridized carbons (Fsp3) is 0.500. The Bertz CT molecular complexity index is 554. The Morgan fingerprint density at radius 2 is 2.00 bits per heavy atom. The number of amides is 2. The number of anilines is 1. The van der Waals surface area contributed by atoms with E-state index in [4.69, 9.17) is 0 Å². The van der Waals surface area contributed by atoms with Crippen LogP contribution in [0.3, 0.4) is 0 Å². The first-order chi connectivity index (χ1) is 9.90. The predicted octanol–water partition coefficient (Wildman–Crippen LogP) is 3.53. The van der Waals surface area contributed by atoms with Crippen molar-refractivity contribution in [2.75, 3.05) is 5.32 Å². The number of carbonyl (C=O) groups is 1. The molecule has 1 aromatic carbocycles. The Hall–Kier alpha value is -2.18. The van der Waals surface area contributed by atoms with Crippen molar-refractivity contribution >= 4 is 17.4 Å². The quantitative estimate of drug-likeness (QED) is 0.670. The molecule has 2 atom stereocenters. The Kier molecular flexibility index (Phi) is 4.40. The lowest BCUT2D eigenvalue weighted by Crippen LogP contribution is -2.49. The van der Waals surface area contributed by atoms with E-state index >= 15 is 0 Å². The summed E-state index contributed by atoms with van der Waals surface area (Å²) in [7, 11) is 0. The Balaban J connectivity index is 2.21. The van der Waals surface area contributed by atoms with E-state index in [2.05, 4.69) is 5.32 Å². The van der Waals surface area contributed by atoms with Gasteiger partial charge in [0.15, 0.2) is 0 Å². The molecule has 1 N–H and O–H groups in total. The van der Waals surface area contributed by atoms with Crippen LogP contribution in [-0.4, -0.2) is 27.9 Å². The second kappa shape index (κ2) is 6.07. The first-order valence-corrected chi connectivity index (χ1v) is 6.93. The zero-order valence-electron chi connectivity index (χ0n) is 12.0. The number of nitro groups is 1. The van der Waals surface area contributed by atoms with Crippen LogP contribution in [0.25, 0.3) is 0 Å². The zero-order valence-corrected chi connectivity index (χ0v) is 12.0. The average Bonchev–Trinajstić information content (AvgIpc) is 2.40. The topological polar surface area (TPSA) is 75.5 Å². The number of hydrogen-bond donors (Lipinski definition) is 1. The van der Waals surface area contributed by atoms with E-state index in [1.54, 1.807) is 4.90 Å². The van der Waals surface area contributed by atoms with Crippen LogP contribution in [0.1, 0.15) is 33.1 Å². The molecule has 0 spiro atoms. The minimum Gasteiger partial charge on any atom is -0.319 e. The second-order valence-electron chi connectivity index (χ2n) is 5.38. The highest BCUT2D eigenvalue weighted by atomic mass is 19.1. The maximum atomic E-state index is 13.1. The van der Waals surface area contributed by atoms with Crippen molar-refractivity contribution in [3.63, 3.8) is 0 Å². The molecule has 6 nitrogen and oxygen atoms in total. The molecule has 1 fully saturated rings. The fourth-order valence-electron chi connectivity index (χ4n) is 2.76. The van der Waals surface area contributed by atoms with Gasteiger partial charge in [-0.1, -0.05) is 0 Å². The van der Waals surface area contributed by atoms with Crippen molar-refractivity contribution in [1.82, 2.24) is 4.90 Å². The molecule has 2 amide bonds. The van der Waals surface area contributed by atoms with Gasteiger partial charge in [-0.05, 0) is 45.2 Å². The van der Waals surface area contributed by atoms with Crippen molar-refractivity contribution in [3.05, 3.63) is 34.1 Å². The third-order valence-corrected chi connectivity index (χ3v) is 3.83. The molecule has 1 aromatic rings. The Labute approximate surface area is 122 Å². The molecule has 1 saturated heterocycles. The van der Waals surface area contributed by atoms with Gasteiger partial charge in [0.25, 0.3) is 5.69 Å². The molecule has 21 heavy (non-hydrogen) atoms. The van der Waals surface area contributed by atoms with E-state index in [1.807, 2.05) is 13.8 Å². The molecule has 0 bridgehead atoms. The number of piperidine rings is 1. The van der Waals surface area contributed by atoms with Crippen molar-refractivity contribution in [2.45, 2.75) is 45.2 Å². The largest absolute Gasteiger partial charge is 0.322 e. The molecule has 0 radical (unpaired) electrons. The summed E-state index contributed by atoms with van der Waals surface area (Å²) in [5.41, 5.74) is -0.433. The van der Waals surface area contributed by atoms with Gasteiger partial charge < -0.3 is 10.2 Å². The number of hydrogen-bond acceptors (Lipinski definition) is 3. The highest BCUT2D eigenvalue weighted by Crippen LogP contribution is 2.28. The van der Waals surface area contributed by atoms with Crippen LogP contribution in [0.5, 0.6) is 0 Å². The lowest BCUT2D eigenvalue weighted by molar-refractivity contribution is -0.384. The Morgan fingerprint density at radius 3 is 2.57 bits per heavy atom. The number of urea groups is 1. The Morgan fingerprint density at radius 1 is 1.38 bits per heavy atom. The molecule has 7 heteroatoms. The number of halogens is 1. The van der Waals surface area contributed by atoms with Crippen LogP contribution in [-0.2, 0) is 0 Å². The van der Waals surface area contributed by atoms with E-state index in [0.717, 1.165) is 31.4 Å². The molecule has 2 unspecified atom stereocenters. The van der Waals surface area contributed by atoms with E-state index in [1.165, 1.54) is 6.07 Å². The number of carbonyl (C=O) groups excluding carboxylic acids is 1. The van der Waals surface area contributed by atoms with E-state index in [9.17, 15) is 19.3 Å². The molecule has 114 valence electrons. The predicted molar refractivity (Wildman–Crippen MR) is 76.7 cm³/mol. The lowest BCUT2D eigenvalue weighted by atomic mass is 9.98. The van der Waals surface area contributed by atoms with Crippen LogP contribution >= 0.6 is 0 Å². The number of benzene rings is 1. The van der Waals surface area contributed by atoms with Gasteiger partial charge >= 0.3 is 6.03 Å². The number of nitrogens with one attached hydrogen (secondary N) is 1. The van der Waals surface area contributed by atoms with E-state index < -0.39 is 16.4 Å². The minimum absolute atomic E-state index is 0.0105. The van der Waals surface area contributed by atoms with Crippen LogP contribution < -0.4 is 5.32 Å². The number of nitrogens with zero attached hydrogens (tertiary/aromatic N) is 2. The molecule has 0 saturated carbocycles. The lowest BCUT2D eigenvalue weighted by Gasteiger charge is -2.38. The summed E-state index contributed by atoms with van der Waals surface area (Å²) in [6, 6.07) is 2.88. The summed E-state index contributed by atoms with van der Waals surface area (Å²) in [6.45, 7) is 3.91. The van der Waals surface area contributed by atoms with Gasteiger partial charge in [-0.2, -0.15) is 0 Å². The van der Waals surface area contributed by atoms with Gasteiger partial charge in [-0.25, -0.2) is 9.18 Å². The smallest absolute Gasteiger partial charge is 0.319 e. The maximum Gasteiger partial charge on any atom is 0.322 e. The van der Waals surface area contributed by atoms with Gasteiger partial charge in [-0.15, -0.1) is 0 Å². The highest BCUT2D eigenvalue weighted by molar-refractivity contribution is 5.92. The zero-order chi connectivity index (χ0) is 15.6. The summed E-state index contributed by atoms with van der Waals surface area (Å²) < 4.78 is 13.1. The van der Waals surface area contributed by atoms with Crippen molar-refractivity contribution in [2.24, 2.45) is 0 Å². The molecular formula is C14H18FN3O3. The number of likely N-dealkylation sites (tertiary alicyclic amines) is 1. The first kappa shape index (κ1) is 15.2. The third kappa shape index (κ3) is 3.29. The molecular weight excluding hydrogens is 277 g/mol. The molecule has 1 aliphatic heterocycles. The number of rotatable bonds is 2. The normalized spacial score (nSPS) is 22.0. The molecule has 2 rings (SSSR count). The van der Waals surface area contributed by atoms with Crippen LogP contribution in [0.15, 0.2) is 18.2 Å². The third-order valence-electron chi connectivity index (χ3n) is 3.83. The van der Waals surface area contributed by atoms with Gasteiger partial charge in [0.1, 0.15) is 11.5 Å². The van der Waals surface area contributed by atoms with Crippen molar-refractivity contribution in [1.29, 1.82) is 0 Å².